The van der Waals surface area contributed by atoms with Crippen LogP contribution in [0.4, 0.5) is 0 Å². The van der Waals surface area contributed by atoms with Crippen LogP contribution in [0.3, 0.4) is 0 Å². The van der Waals surface area contributed by atoms with Crippen LogP contribution < -0.4 is 5.32 Å². The highest BCUT2D eigenvalue weighted by atomic mass is 16.5. The molecule has 1 spiro atoms. The Balaban J connectivity index is 1.27. The molecule has 0 radical (unpaired) electrons. The van der Waals surface area contributed by atoms with Gasteiger partial charge in [-0.2, -0.15) is 0 Å². The predicted molar refractivity (Wildman–Crippen MR) is 88.8 cm³/mol. The highest BCUT2D eigenvalue weighted by Gasteiger charge is 2.48. The monoisotopic (exact) mass is 318 g/mol. The molecule has 0 aromatic heterocycles. The van der Waals surface area contributed by atoms with E-state index >= 15 is 0 Å². The molecule has 0 unspecified atom stereocenters. The Morgan fingerprint density at radius 3 is 2.78 bits per heavy atom. The SMILES string of the molecule is Cc1cccc(C(=O)NCCOCCN2CC3(COC3)C2)c1C. The fraction of sp³-hybridized carbons (Fsp3) is 0.611. The standard InChI is InChI=1S/C18H26N2O3/c1-14-4-3-5-16(15(14)2)17(21)19-6-8-22-9-7-20-10-18(11-20)12-23-13-18/h3-5H,6-13H2,1-2H3,(H,19,21). The molecule has 2 aliphatic heterocycles. The third-order valence-corrected chi connectivity index (χ3v) is 4.87. The minimum Gasteiger partial charge on any atom is -0.380 e. The zero-order valence-corrected chi connectivity index (χ0v) is 14.1. The molecule has 1 aromatic rings. The van der Waals surface area contributed by atoms with E-state index in [4.69, 9.17) is 9.47 Å². The number of carbonyl (C=O) groups excluding carboxylic acids is 1. The van der Waals surface area contributed by atoms with Crippen LogP contribution in [0.25, 0.3) is 0 Å². The van der Waals surface area contributed by atoms with E-state index in [2.05, 4.69) is 10.2 Å². The lowest BCUT2D eigenvalue weighted by atomic mass is 9.78. The zero-order valence-electron chi connectivity index (χ0n) is 14.1. The molecule has 2 saturated heterocycles. The van der Waals surface area contributed by atoms with E-state index in [1.54, 1.807) is 0 Å². The topological polar surface area (TPSA) is 50.8 Å². The third-order valence-electron chi connectivity index (χ3n) is 4.87. The van der Waals surface area contributed by atoms with E-state index in [1.165, 1.54) is 0 Å². The summed E-state index contributed by atoms with van der Waals surface area (Å²) in [5, 5.41) is 2.92. The van der Waals surface area contributed by atoms with Gasteiger partial charge in [0.15, 0.2) is 0 Å². The summed E-state index contributed by atoms with van der Waals surface area (Å²) in [6.45, 7) is 10.9. The lowest BCUT2D eigenvalue weighted by molar-refractivity contribution is -0.190. The Morgan fingerprint density at radius 2 is 2.09 bits per heavy atom. The number of hydrogen-bond donors (Lipinski definition) is 1. The average Bonchev–Trinajstić information content (AvgIpc) is 2.45. The molecular formula is C18H26N2O3. The van der Waals surface area contributed by atoms with Gasteiger partial charge >= 0.3 is 0 Å². The van der Waals surface area contributed by atoms with Crippen molar-refractivity contribution in [1.29, 1.82) is 0 Å². The van der Waals surface area contributed by atoms with E-state index in [9.17, 15) is 4.79 Å². The summed E-state index contributed by atoms with van der Waals surface area (Å²) in [6, 6.07) is 5.80. The van der Waals surface area contributed by atoms with E-state index < -0.39 is 0 Å². The molecule has 1 aromatic carbocycles. The minimum absolute atomic E-state index is 0.0236. The molecule has 126 valence electrons. The van der Waals surface area contributed by atoms with Crippen LogP contribution >= 0.6 is 0 Å². The molecule has 2 aliphatic rings. The summed E-state index contributed by atoms with van der Waals surface area (Å²) in [7, 11) is 0. The number of aryl methyl sites for hydroxylation is 1. The molecule has 0 bridgehead atoms. The number of rotatable bonds is 7. The summed E-state index contributed by atoms with van der Waals surface area (Å²) in [5.74, 6) is -0.0236. The van der Waals surface area contributed by atoms with Crippen molar-refractivity contribution in [3.05, 3.63) is 34.9 Å². The first kappa shape index (κ1) is 16.4. The second kappa shape index (κ2) is 6.99. The molecule has 0 saturated carbocycles. The van der Waals surface area contributed by atoms with Crippen molar-refractivity contribution in [3.8, 4) is 0 Å². The Labute approximate surface area is 137 Å². The number of carbonyl (C=O) groups is 1. The number of benzene rings is 1. The first-order valence-corrected chi connectivity index (χ1v) is 8.32. The van der Waals surface area contributed by atoms with Crippen LogP contribution in [0.2, 0.25) is 0 Å². The minimum atomic E-state index is -0.0236. The van der Waals surface area contributed by atoms with Crippen LogP contribution in [-0.4, -0.2) is 63.4 Å². The molecule has 1 N–H and O–H groups in total. The van der Waals surface area contributed by atoms with Gasteiger partial charge in [-0.3, -0.25) is 9.69 Å². The van der Waals surface area contributed by atoms with Gasteiger partial charge in [0.05, 0.1) is 26.4 Å². The fourth-order valence-electron chi connectivity index (χ4n) is 3.26. The normalized spacial score (nSPS) is 19.2. The Hall–Kier alpha value is -1.43. The van der Waals surface area contributed by atoms with Crippen LogP contribution in [0.15, 0.2) is 18.2 Å². The largest absolute Gasteiger partial charge is 0.380 e. The van der Waals surface area contributed by atoms with Gasteiger partial charge in [0.1, 0.15) is 0 Å². The highest BCUT2D eigenvalue weighted by molar-refractivity contribution is 5.95. The first-order chi connectivity index (χ1) is 11.1. The predicted octanol–water partition coefficient (Wildman–Crippen LogP) is 1.38. The first-order valence-electron chi connectivity index (χ1n) is 8.32. The van der Waals surface area contributed by atoms with Crippen LogP contribution in [0, 0.1) is 19.3 Å². The number of hydrogen-bond acceptors (Lipinski definition) is 4. The van der Waals surface area contributed by atoms with Crippen molar-refractivity contribution in [1.82, 2.24) is 10.2 Å². The Bertz CT molecular complexity index is 561. The fourth-order valence-corrected chi connectivity index (χ4v) is 3.26. The number of nitrogens with zero attached hydrogens (tertiary/aromatic N) is 1. The molecule has 5 heteroatoms. The summed E-state index contributed by atoms with van der Waals surface area (Å²) >= 11 is 0. The maximum absolute atomic E-state index is 12.1. The van der Waals surface area contributed by atoms with E-state index in [0.717, 1.165) is 56.1 Å². The van der Waals surface area contributed by atoms with Crippen molar-refractivity contribution in [2.45, 2.75) is 13.8 Å². The number of nitrogens with one attached hydrogen (secondary N) is 1. The quantitative estimate of drug-likeness (QED) is 0.772. The van der Waals surface area contributed by atoms with Crippen molar-refractivity contribution in [2.24, 2.45) is 5.41 Å². The van der Waals surface area contributed by atoms with Crippen molar-refractivity contribution >= 4 is 5.91 Å². The zero-order chi connectivity index (χ0) is 16.3. The molecule has 3 rings (SSSR count). The van der Waals surface area contributed by atoms with Gasteiger partial charge in [0, 0.05) is 37.2 Å². The summed E-state index contributed by atoms with van der Waals surface area (Å²) in [4.78, 5) is 14.5. The summed E-state index contributed by atoms with van der Waals surface area (Å²) < 4.78 is 10.9. The van der Waals surface area contributed by atoms with Gasteiger partial charge in [0.25, 0.3) is 5.91 Å². The molecule has 0 atom stereocenters. The van der Waals surface area contributed by atoms with Crippen molar-refractivity contribution in [3.63, 3.8) is 0 Å². The second-order valence-electron chi connectivity index (χ2n) is 6.82. The van der Waals surface area contributed by atoms with E-state index in [-0.39, 0.29) is 5.91 Å². The summed E-state index contributed by atoms with van der Waals surface area (Å²) in [6.07, 6.45) is 0. The molecule has 2 fully saturated rings. The maximum atomic E-state index is 12.1. The lowest BCUT2D eigenvalue weighted by Gasteiger charge is -2.55. The average molecular weight is 318 g/mol. The van der Waals surface area contributed by atoms with Crippen molar-refractivity contribution in [2.75, 3.05) is 52.6 Å². The third kappa shape index (κ3) is 3.74. The Morgan fingerprint density at radius 1 is 1.30 bits per heavy atom. The van der Waals surface area contributed by atoms with Crippen LogP contribution in [-0.2, 0) is 9.47 Å². The number of ether oxygens (including phenoxy) is 2. The molecule has 5 nitrogen and oxygen atoms in total. The van der Waals surface area contributed by atoms with Gasteiger partial charge in [-0.15, -0.1) is 0 Å². The van der Waals surface area contributed by atoms with E-state index in [0.29, 0.717) is 18.6 Å². The molecule has 0 aliphatic carbocycles. The maximum Gasteiger partial charge on any atom is 0.251 e. The second-order valence-corrected chi connectivity index (χ2v) is 6.82. The van der Waals surface area contributed by atoms with Gasteiger partial charge in [-0.05, 0) is 31.0 Å². The number of amides is 1. The van der Waals surface area contributed by atoms with Crippen molar-refractivity contribution < 1.29 is 14.3 Å². The lowest BCUT2D eigenvalue weighted by Crippen LogP contribution is -2.66. The van der Waals surface area contributed by atoms with Crippen LogP contribution in [0.5, 0.6) is 0 Å². The van der Waals surface area contributed by atoms with Crippen LogP contribution in [0.1, 0.15) is 21.5 Å². The highest BCUT2D eigenvalue weighted by Crippen LogP contribution is 2.36. The van der Waals surface area contributed by atoms with Gasteiger partial charge < -0.3 is 14.8 Å². The molecule has 23 heavy (non-hydrogen) atoms. The van der Waals surface area contributed by atoms with E-state index in [1.807, 2.05) is 32.0 Å². The Kier molecular flexibility index (Phi) is 4.99. The number of likely N-dealkylation sites (tertiary alicyclic amines) is 1. The summed E-state index contributed by atoms with van der Waals surface area (Å²) in [5.41, 5.74) is 3.40. The van der Waals surface area contributed by atoms with Gasteiger partial charge in [0.2, 0.25) is 0 Å². The molecule has 1 amide bonds. The molecule has 2 heterocycles. The molecular weight excluding hydrogens is 292 g/mol. The van der Waals surface area contributed by atoms with Gasteiger partial charge in [-0.25, -0.2) is 0 Å². The smallest absolute Gasteiger partial charge is 0.251 e. The van der Waals surface area contributed by atoms with Gasteiger partial charge in [-0.1, -0.05) is 12.1 Å².